The summed E-state index contributed by atoms with van der Waals surface area (Å²) in [6.07, 6.45) is 16.5. The molecular weight excluding hydrogens is 182 g/mol. The van der Waals surface area contributed by atoms with Gasteiger partial charge >= 0.3 is 0 Å². The molecule has 1 aliphatic heterocycles. The summed E-state index contributed by atoms with van der Waals surface area (Å²) in [5.74, 6) is 0.906. The Hall–Kier alpha value is -0.300. The lowest BCUT2D eigenvalue weighted by atomic mass is 9.89. The summed E-state index contributed by atoms with van der Waals surface area (Å²) in [5.41, 5.74) is 0. The average molecular weight is 207 g/mol. The van der Waals surface area contributed by atoms with E-state index in [0.29, 0.717) is 0 Å². The van der Waals surface area contributed by atoms with Crippen molar-refractivity contribution in [3.8, 4) is 0 Å². The molecule has 1 heteroatoms. The van der Waals surface area contributed by atoms with Crippen LogP contribution in [0.3, 0.4) is 0 Å². The third-order valence-corrected chi connectivity index (χ3v) is 3.87. The van der Waals surface area contributed by atoms with Crippen molar-refractivity contribution < 1.29 is 0 Å². The number of hydrogen-bond donors (Lipinski definition) is 0. The maximum Gasteiger partial charge on any atom is 0.0163 e. The standard InChI is InChI=1S/C14H25N/c1-3-8-14(9-4-1)10-7-13-15-11-5-2-6-12-15/h7,10,14H,1-6,8-9,11-13H2/b10-7+. The van der Waals surface area contributed by atoms with E-state index in [4.69, 9.17) is 0 Å². The highest BCUT2D eigenvalue weighted by molar-refractivity contribution is 4.92. The number of rotatable bonds is 3. The second-order valence-corrected chi connectivity index (χ2v) is 5.19. The summed E-state index contributed by atoms with van der Waals surface area (Å²) in [7, 11) is 0. The van der Waals surface area contributed by atoms with Crippen LogP contribution in [0.4, 0.5) is 0 Å². The zero-order valence-electron chi connectivity index (χ0n) is 9.96. The van der Waals surface area contributed by atoms with Crippen LogP contribution in [0.15, 0.2) is 12.2 Å². The van der Waals surface area contributed by atoms with Gasteiger partial charge in [0.25, 0.3) is 0 Å². The van der Waals surface area contributed by atoms with E-state index in [1.165, 1.54) is 71.0 Å². The van der Waals surface area contributed by atoms with Crippen molar-refractivity contribution in [2.45, 2.75) is 51.4 Å². The molecule has 2 rings (SSSR count). The lowest BCUT2D eigenvalue weighted by Gasteiger charge is -2.25. The highest BCUT2D eigenvalue weighted by Crippen LogP contribution is 2.24. The highest BCUT2D eigenvalue weighted by atomic mass is 15.1. The van der Waals surface area contributed by atoms with Crippen LogP contribution in [0, 0.1) is 5.92 Å². The van der Waals surface area contributed by atoms with E-state index >= 15 is 0 Å². The molecule has 0 aromatic carbocycles. The Morgan fingerprint density at radius 1 is 0.867 bits per heavy atom. The van der Waals surface area contributed by atoms with Crippen molar-refractivity contribution in [3.63, 3.8) is 0 Å². The maximum absolute atomic E-state index is 2.60. The molecule has 0 radical (unpaired) electrons. The summed E-state index contributed by atoms with van der Waals surface area (Å²) in [6.45, 7) is 3.86. The van der Waals surface area contributed by atoms with Crippen LogP contribution < -0.4 is 0 Å². The molecule has 86 valence electrons. The predicted octanol–water partition coefficient (Wildman–Crippen LogP) is 3.61. The Labute approximate surface area is 94.5 Å². The zero-order chi connectivity index (χ0) is 10.3. The van der Waals surface area contributed by atoms with Gasteiger partial charge in [0.15, 0.2) is 0 Å². The summed E-state index contributed by atoms with van der Waals surface area (Å²) >= 11 is 0. The van der Waals surface area contributed by atoms with E-state index in [-0.39, 0.29) is 0 Å². The van der Waals surface area contributed by atoms with Crippen LogP contribution in [-0.4, -0.2) is 24.5 Å². The van der Waals surface area contributed by atoms with Crippen LogP contribution in [-0.2, 0) is 0 Å². The molecule has 1 nitrogen and oxygen atoms in total. The second kappa shape index (κ2) is 6.32. The molecule has 2 fully saturated rings. The van der Waals surface area contributed by atoms with Crippen molar-refractivity contribution in [2.24, 2.45) is 5.92 Å². The number of allylic oxidation sites excluding steroid dienone is 1. The number of hydrogen-bond acceptors (Lipinski definition) is 1. The van der Waals surface area contributed by atoms with Gasteiger partial charge in [0.1, 0.15) is 0 Å². The number of piperidine rings is 1. The van der Waals surface area contributed by atoms with Crippen LogP contribution >= 0.6 is 0 Å². The Kier molecular flexibility index (Phi) is 4.72. The van der Waals surface area contributed by atoms with Gasteiger partial charge in [0, 0.05) is 6.54 Å². The minimum absolute atomic E-state index is 0.906. The molecule has 0 spiro atoms. The third-order valence-electron chi connectivity index (χ3n) is 3.87. The fourth-order valence-electron chi connectivity index (χ4n) is 2.87. The van der Waals surface area contributed by atoms with Gasteiger partial charge in [0.2, 0.25) is 0 Å². The molecule has 0 aromatic rings. The highest BCUT2D eigenvalue weighted by Gasteiger charge is 2.10. The molecule has 15 heavy (non-hydrogen) atoms. The second-order valence-electron chi connectivity index (χ2n) is 5.19. The van der Waals surface area contributed by atoms with Crippen LogP contribution in [0.5, 0.6) is 0 Å². The van der Waals surface area contributed by atoms with Crippen molar-refractivity contribution >= 4 is 0 Å². The van der Waals surface area contributed by atoms with Crippen LogP contribution in [0.2, 0.25) is 0 Å². The summed E-state index contributed by atoms with van der Waals surface area (Å²) in [4.78, 5) is 2.60. The topological polar surface area (TPSA) is 3.24 Å². The van der Waals surface area contributed by atoms with Gasteiger partial charge in [-0.3, -0.25) is 4.90 Å². The van der Waals surface area contributed by atoms with Gasteiger partial charge in [-0.25, -0.2) is 0 Å². The Morgan fingerprint density at radius 2 is 1.53 bits per heavy atom. The monoisotopic (exact) mass is 207 g/mol. The molecule has 1 saturated heterocycles. The smallest absolute Gasteiger partial charge is 0.0163 e. The molecule has 0 bridgehead atoms. The van der Waals surface area contributed by atoms with E-state index in [9.17, 15) is 0 Å². The number of nitrogens with zero attached hydrogens (tertiary/aromatic N) is 1. The van der Waals surface area contributed by atoms with Gasteiger partial charge in [-0.1, -0.05) is 37.8 Å². The van der Waals surface area contributed by atoms with E-state index in [0.717, 1.165) is 5.92 Å². The molecule has 1 saturated carbocycles. The van der Waals surface area contributed by atoms with E-state index in [1.54, 1.807) is 0 Å². The average Bonchev–Trinajstić information content (AvgIpc) is 2.32. The summed E-state index contributed by atoms with van der Waals surface area (Å²) < 4.78 is 0. The molecule has 0 atom stereocenters. The van der Waals surface area contributed by atoms with E-state index in [1.807, 2.05) is 0 Å². The summed E-state index contributed by atoms with van der Waals surface area (Å²) in [6, 6.07) is 0. The van der Waals surface area contributed by atoms with E-state index in [2.05, 4.69) is 17.1 Å². The maximum atomic E-state index is 2.60. The minimum atomic E-state index is 0.906. The van der Waals surface area contributed by atoms with E-state index < -0.39 is 0 Å². The van der Waals surface area contributed by atoms with Gasteiger partial charge in [-0.05, 0) is 44.7 Å². The largest absolute Gasteiger partial charge is 0.300 e. The molecule has 0 aromatic heterocycles. The lowest BCUT2D eigenvalue weighted by Crippen LogP contribution is -2.29. The summed E-state index contributed by atoms with van der Waals surface area (Å²) in [5, 5.41) is 0. The predicted molar refractivity (Wildman–Crippen MR) is 66.0 cm³/mol. The molecule has 0 unspecified atom stereocenters. The van der Waals surface area contributed by atoms with Crippen molar-refractivity contribution in [3.05, 3.63) is 12.2 Å². The molecule has 1 heterocycles. The minimum Gasteiger partial charge on any atom is -0.300 e. The molecular formula is C14H25N. The Bertz CT molecular complexity index is 186. The first-order chi connectivity index (χ1) is 7.45. The quantitative estimate of drug-likeness (QED) is 0.639. The van der Waals surface area contributed by atoms with Gasteiger partial charge in [-0.2, -0.15) is 0 Å². The first-order valence-electron chi connectivity index (χ1n) is 6.84. The fraction of sp³-hybridized carbons (Fsp3) is 0.857. The Balaban J connectivity index is 1.64. The van der Waals surface area contributed by atoms with Crippen LogP contribution in [0.1, 0.15) is 51.4 Å². The first-order valence-corrected chi connectivity index (χ1v) is 6.84. The van der Waals surface area contributed by atoms with Crippen molar-refractivity contribution in [2.75, 3.05) is 19.6 Å². The molecule has 0 amide bonds. The van der Waals surface area contributed by atoms with Gasteiger partial charge in [-0.15, -0.1) is 0 Å². The molecule has 2 aliphatic rings. The van der Waals surface area contributed by atoms with Crippen LogP contribution in [0.25, 0.3) is 0 Å². The SMILES string of the molecule is C(=C\C1CCCCC1)/CN1CCCCC1. The third kappa shape index (κ3) is 3.98. The first kappa shape index (κ1) is 11.2. The van der Waals surface area contributed by atoms with Gasteiger partial charge < -0.3 is 0 Å². The number of likely N-dealkylation sites (tertiary alicyclic amines) is 1. The molecule has 0 N–H and O–H groups in total. The lowest BCUT2D eigenvalue weighted by molar-refractivity contribution is 0.251. The zero-order valence-corrected chi connectivity index (χ0v) is 9.96. The van der Waals surface area contributed by atoms with Gasteiger partial charge in [0.05, 0.1) is 0 Å². The fourth-order valence-corrected chi connectivity index (χ4v) is 2.87. The molecule has 1 aliphatic carbocycles. The van der Waals surface area contributed by atoms with Crippen molar-refractivity contribution in [1.29, 1.82) is 0 Å². The van der Waals surface area contributed by atoms with Crippen molar-refractivity contribution in [1.82, 2.24) is 4.90 Å². The Morgan fingerprint density at radius 3 is 2.27 bits per heavy atom. The normalized spacial score (nSPS) is 26.1.